The highest BCUT2D eigenvalue weighted by Crippen LogP contribution is 2.06. The fraction of sp³-hybridized carbons (Fsp3) is 0.167. The molecule has 1 rings (SSSR count). The summed E-state index contributed by atoms with van der Waals surface area (Å²) in [5.41, 5.74) is 4.98. The molecule has 0 aliphatic heterocycles. The lowest BCUT2D eigenvalue weighted by atomic mass is 10.4. The van der Waals surface area contributed by atoms with Crippen molar-refractivity contribution in [2.24, 2.45) is 0 Å². The van der Waals surface area contributed by atoms with Gasteiger partial charge in [-0.25, -0.2) is 4.98 Å². The number of aromatic nitrogens is 1. The monoisotopic (exact) mass is 130 g/mol. The fourth-order valence-corrected chi connectivity index (χ4v) is 0.336. The van der Waals surface area contributed by atoms with E-state index in [9.17, 15) is 0 Å². The van der Waals surface area contributed by atoms with Gasteiger partial charge in [-0.2, -0.15) is 0 Å². The molecule has 0 aromatic carbocycles. The maximum absolute atomic E-state index is 7.32. The summed E-state index contributed by atoms with van der Waals surface area (Å²) < 4.78 is 46.6. The van der Waals surface area contributed by atoms with Gasteiger partial charge in [0.2, 0.25) is 5.88 Å². The Morgan fingerprint density at radius 2 is 2.78 bits per heavy atom. The quantitative estimate of drug-likeness (QED) is 0.608. The standard InChI is InChI=1S/C6H8N2O/c1-9-6-3-2-5(7)4-8-6/h2-4H,7H2,1H3/i1D3,2D,3D,4D. The molecule has 0 aliphatic carbocycles. The maximum atomic E-state index is 7.32. The number of hydrogen-bond acceptors (Lipinski definition) is 3. The lowest BCUT2D eigenvalue weighted by Crippen LogP contribution is -1.89. The van der Waals surface area contributed by atoms with E-state index in [1.54, 1.807) is 0 Å². The van der Waals surface area contributed by atoms with Crippen molar-refractivity contribution >= 4 is 5.69 Å². The molecule has 0 fully saturated rings. The number of nitrogens with two attached hydrogens (primary N) is 1. The summed E-state index contributed by atoms with van der Waals surface area (Å²) in [4.78, 5) is 3.37. The molecule has 1 aromatic rings. The van der Waals surface area contributed by atoms with Crippen molar-refractivity contribution in [2.45, 2.75) is 0 Å². The minimum Gasteiger partial charge on any atom is -0.481 e. The Hall–Kier alpha value is -1.25. The van der Waals surface area contributed by atoms with Crippen molar-refractivity contribution in [3.63, 3.8) is 0 Å². The third-order valence-corrected chi connectivity index (χ3v) is 0.679. The first-order chi connectivity index (χ1) is 6.72. The van der Waals surface area contributed by atoms with Crippen molar-refractivity contribution in [1.29, 1.82) is 0 Å². The normalized spacial score (nSPS) is 20.0. The first kappa shape index (κ1) is 1.87. The fourth-order valence-electron chi connectivity index (χ4n) is 0.336. The van der Waals surface area contributed by atoms with Crippen LogP contribution in [0.4, 0.5) is 5.69 Å². The third kappa shape index (κ3) is 1.32. The first-order valence-electron chi connectivity index (χ1n) is 5.14. The molecule has 0 saturated carbocycles. The van der Waals surface area contributed by atoms with Crippen LogP contribution in [-0.2, 0) is 0 Å². The van der Waals surface area contributed by atoms with E-state index in [0.717, 1.165) is 0 Å². The van der Waals surface area contributed by atoms with E-state index in [-0.39, 0.29) is 5.69 Å². The van der Waals surface area contributed by atoms with Crippen LogP contribution < -0.4 is 10.5 Å². The molecule has 9 heavy (non-hydrogen) atoms. The summed E-state index contributed by atoms with van der Waals surface area (Å²) in [6.45, 7) is 0. The molecule has 0 bridgehead atoms. The summed E-state index contributed by atoms with van der Waals surface area (Å²) in [5.74, 6) is -0.584. The van der Waals surface area contributed by atoms with Crippen molar-refractivity contribution in [1.82, 2.24) is 4.98 Å². The van der Waals surface area contributed by atoms with Gasteiger partial charge in [-0.3, -0.25) is 0 Å². The van der Waals surface area contributed by atoms with E-state index >= 15 is 0 Å². The molecule has 3 nitrogen and oxygen atoms in total. The van der Waals surface area contributed by atoms with Gasteiger partial charge < -0.3 is 10.5 Å². The minimum atomic E-state index is -2.77. The SMILES string of the molecule is [2H]c1nc(OC([2H])([2H])[2H])c([2H])c([2H])c1N. The first-order valence-corrected chi connectivity index (χ1v) is 2.14. The molecule has 48 valence electrons. The predicted octanol–water partition coefficient (Wildman–Crippen LogP) is 0.672. The molecule has 0 unspecified atom stereocenters. The Morgan fingerprint density at radius 1 is 1.89 bits per heavy atom. The van der Waals surface area contributed by atoms with E-state index < -0.39 is 31.2 Å². The van der Waals surface area contributed by atoms with Crippen molar-refractivity contribution in [3.05, 3.63) is 18.3 Å². The second-order valence-corrected chi connectivity index (χ2v) is 1.29. The molecule has 2 N–H and O–H groups in total. The zero-order valence-electron chi connectivity index (χ0n) is 10.4. The summed E-state index contributed by atoms with van der Waals surface area (Å²) in [6, 6.07) is -1.01. The Kier molecular flexibility index (Phi) is 0.487. The Morgan fingerprint density at radius 3 is 3.56 bits per heavy atom. The number of hydrogen-bond donors (Lipinski definition) is 1. The minimum absolute atomic E-state index is 0.280. The summed E-state index contributed by atoms with van der Waals surface area (Å²) in [5, 5.41) is 0. The molecular formula is C6H8N2O. The van der Waals surface area contributed by atoms with Crippen LogP contribution in [0.1, 0.15) is 8.22 Å². The van der Waals surface area contributed by atoms with Gasteiger partial charge in [0.1, 0.15) is 0 Å². The number of nitrogen functional groups attached to an aromatic ring is 1. The van der Waals surface area contributed by atoms with E-state index in [4.69, 9.17) is 14.0 Å². The van der Waals surface area contributed by atoms with Gasteiger partial charge in [0.05, 0.1) is 27.1 Å². The van der Waals surface area contributed by atoms with Crippen LogP contribution in [0.2, 0.25) is 0 Å². The number of anilines is 1. The summed E-state index contributed by atoms with van der Waals surface area (Å²) >= 11 is 0. The van der Waals surface area contributed by atoms with Crippen molar-refractivity contribution in [2.75, 3.05) is 12.8 Å². The molecule has 0 radical (unpaired) electrons. The van der Waals surface area contributed by atoms with Crippen LogP contribution in [0.5, 0.6) is 5.88 Å². The zero-order valence-corrected chi connectivity index (χ0v) is 4.43. The lowest BCUT2D eigenvalue weighted by Gasteiger charge is -1.95. The largest absolute Gasteiger partial charge is 0.481 e. The van der Waals surface area contributed by atoms with Crippen molar-refractivity contribution < 1.29 is 13.0 Å². The molecule has 0 aliphatic rings. The van der Waals surface area contributed by atoms with Gasteiger partial charge >= 0.3 is 0 Å². The predicted molar refractivity (Wildman–Crippen MR) is 35.2 cm³/mol. The molecule has 0 amide bonds. The molecule has 1 aromatic heterocycles. The van der Waals surface area contributed by atoms with Gasteiger partial charge in [-0.15, -0.1) is 0 Å². The van der Waals surface area contributed by atoms with Crippen LogP contribution in [0.15, 0.2) is 18.3 Å². The van der Waals surface area contributed by atoms with Crippen molar-refractivity contribution in [3.8, 4) is 5.88 Å². The average Bonchev–Trinajstić information content (AvgIpc) is 2.08. The summed E-state index contributed by atoms with van der Waals surface area (Å²) in [7, 11) is -2.77. The third-order valence-electron chi connectivity index (χ3n) is 0.679. The topological polar surface area (TPSA) is 48.1 Å². The van der Waals surface area contributed by atoms with Crippen LogP contribution in [-0.4, -0.2) is 12.0 Å². The van der Waals surface area contributed by atoms with Gasteiger partial charge in [-0.05, 0) is 6.04 Å². The molecule has 0 atom stereocenters. The second kappa shape index (κ2) is 2.35. The van der Waals surface area contributed by atoms with E-state index in [2.05, 4.69) is 9.72 Å². The molecule has 3 heteroatoms. The zero-order chi connectivity index (χ0) is 11.8. The lowest BCUT2D eigenvalue weighted by molar-refractivity contribution is 0.398. The number of methoxy groups -OCH3 is 1. The number of pyridine rings is 1. The Balaban J connectivity index is 3.21. The van der Waals surface area contributed by atoms with Gasteiger partial charge in [0.25, 0.3) is 0 Å². The number of ether oxygens (including phenoxy) is 1. The Bertz CT molecular complexity index is 390. The van der Waals surface area contributed by atoms with Gasteiger partial charge in [0, 0.05) is 6.04 Å². The average molecular weight is 130 g/mol. The number of nitrogens with zero attached hydrogens (tertiary/aromatic N) is 1. The van der Waals surface area contributed by atoms with E-state index in [0.29, 0.717) is 0 Å². The van der Waals surface area contributed by atoms with Crippen LogP contribution in [0, 0.1) is 0 Å². The van der Waals surface area contributed by atoms with E-state index in [1.807, 2.05) is 0 Å². The smallest absolute Gasteiger partial charge is 0.213 e. The highest BCUT2D eigenvalue weighted by molar-refractivity contribution is 5.35. The highest BCUT2D eigenvalue weighted by Gasteiger charge is 1.87. The number of rotatable bonds is 1. The van der Waals surface area contributed by atoms with Gasteiger partial charge in [-0.1, -0.05) is 0 Å². The molecule has 0 saturated heterocycles. The maximum Gasteiger partial charge on any atom is 0.213 e. The Labute approximate surface area is 61.9 Å². The van der Waals surface area contributed by atoms with E-state index in [1.165, 1.54) is 0 Å². The van der Waals surface area contributed by atoms with Crippen LogP contribution in [0.3, 0.4) is 0 Å². The summed E-state index contributed by atoms with van der Waals surface area (Å²) in [6.07, 6.45) is -0.477. The second-order valence-electron chi connectivity index (χ2n) is 1.29. The van der Waals surface area contributed by atoms with Crippen LogP contribution >= 0.6 is 0 Å². The van der Waals surface area contributed by atoms with Crippen LogP contribution in [0.25, 0.3) is 0 Å². The van der Waals surface area contributed by atoms with Gasteiger partial charge in [0.15, 0.2) is 0 Å². The molecule has 0 spiro atoms. The molecular weight excluding hydrogens is 116 g/mol. The highest BCUT2D eigenvalue weighted by atomic mass is 16.5. The molecule has 1 heterocycles.